The number of rotatable bonds is 3. The van der Waals surface area contributed by atoms with Crippen molar-refractivity contribution in [2.24, 2.45) is 0 Å². The number of benzene rings is 3. The van der Waals surface area contributed by atoms with Gasteiger partial charge >= 0.3 is 7.60 Å². The van der Waals surface area contributed by atoms with E-state index in [1.165, 1.54) is 5.56 Å². The Balaban J connectivity index is 1.83. The van der Waals surface area contributed by atoms with E-state index < -0.39 is 7.60 Å². The first kappa shape index (κ1) is 17.9. The highest BCUT2D eigenvalue weighted by molar-refractivity contribution is 7.63. The molecule has 27 heavy (non-hydrogen) atoms. The van der Waals surface area contributed by atoms with Gasteiger partial charge in [-0.2, -0.15) is 0 Å². The molecule has 0 spiro atoms. The standard InChI is InChI=1S/C23H23O3P/c1-15(2)18-13-16(3)23(17(4)14-18)26-27(24)22-12-8-6-10-20(22)19-9-5-7-11-21(19)25-27/h5-15H,1-4H3. The molecule has 3 aromatic carbocycles. The molecule has 1 aliphatic heterocycles. The average Bonchev–Trinajstić information content (AvgIpc) is 2.65. The van der Waals surface area contributed by atoms with E-state index in [0.717, 1.165) is 22.3 Å². The van der Waals surface area contributed by atoms with Gasteiger partial charge in [-0.25, -0.2) is 4.57 Å². The second kappa shape index (κ2) is 6.58. The van der Waals surface area contributed by atoms with Gasteiger partial charge in [-0.15, -0.1) is 0 Å². The predicted octanol–water partition coefficient (Wildman–Crippen LogP) is 6.38. The molecule has 0 saturated heterocycles. The molecule has 0 bridgehead atoms. The minimum atomic E-state index is -3.55. The fraction of sp³-hybridized carbons (Fsp3) is 0.217. The lowest BCUT2D eigenvalue weighted by Gasteiger charge is -2.29. The van der Waals surface area contributed by atoms with Gasteiger partial charge in [0.15, 0.2) is 0 Å². The number of hydrogen-bond donors (Lipinski definition) is 0. The van der Waals surface area contributed by atoms with E-state index in [1.807, 2.05) is 62.4 Å². The summed E-state index contributed by atoms with van der Waals surface area (Å²) >= 11 is 0. The van der Waals surface area contributed by atoms with Crippen LogP contribution in [-0.2, 0) is 4.57 Å². The minimum absolute atomic E-state index is 0.422. The smallest absolute Gasteiger partial charge is 0.412 e. The molecule has 0 aliphatic carbocycles. The van der Waals surface area contributed by atoms with Crippen LogP contribution in [0.25, 0.3) is 11.1 Å². The van der Waals surface area contributed by atoms with Gasteiger partial charge < -0.3 is 9.05 Å². The largest absolute Gasteiger partial charge is 0.463 e. The highest BCUT2D eigenvalue weighted by atomic mass is 31.2. The molecule has 4 rings (SSSR count). The van der Waals surface area contributed by atoms with E-state index in [9.17, 15) is 4.57 Å². The van der Waals surface area contributed by atoms with Crippen LogP contribution in [0, 0.1) is 13.8 Å². The number of para-hydroxylation sites is 1. The lowest BCUT2D eigenvalue weighted by Crippen LogP contribution is -2.21. The zero-order chi connectivity index (χ0) is 19.2. The van der Waals surface area contributed by atoms with Crippen LogP contribution in [0.2, 0.25) is 0 Å². The molecular weight excluding hydrogens is 355 g/mol. The van der Waals surface area contributed by atoms with Crippen molar-refractivity contribution >= 4 is 12.9 Å². The normalized spacial score (nSPS) is 17.8. The molecule has 3 nitrogen and oxygen atoms in total. The van der Waals surface area contributed by atoms with Crippen molar-refractivity contribution in [3.8, 4) is 22.6 Å². The summed E-state index contributed by atoms with van der Waals surface area (Å²) in [4.78, 5) is 0. The van der Waals surface area contributed by atoms with Gasteiger partial charge in [-0.1, -0.05) is 62.4 Å². The van der Waals surface area contributed by atoms with Crippen LogP contribution < -0.4 is 14.4 Å². The van der Waals surface area contributed by atoms with Gasteiger partial charge in [0.2, 0.25) is 0 Å². The molecule has 0 N–H and O–H groups in total. The summed E-state index contributed by atoms with van der Waals surface area (Å²) < 4.78 is 26.0. The molecule has 1 heterocycles. The summed E-state index contributed by atoms with van der Waals surface area (Å²) in [5, 5.41) is 0.607. The van der Waals surface area contributed by atoms with E-state index in [0.29, 0.717) is 22.7 Å². The lowest BCUT2D eigenvalue weighted by atomic mass is 9.98. The third-order valence-electron chi connectivity index (χ3n) is 4.96. The maximum Gasteiger partial charge on any atom is 0.463 e. The van der Waals surface area contributed by atoms with Gasteiger partial charge in [0.05, 0.1) is 5.30 Å². The monoisotopic (exact) mass is 378 g/mol. The lowest BCUT2D eigenvalue weighted by molar-refractivity contribution is 0.396. The Kier molecular flexibility index (Phi) is 4.36. The predicted molar refractivity (Wildman–Crippen MR) is 110 cm³/mol. The second-order valence-electron chi connectivity index (χ2n) is 7.33. The SMILES string of the molecule is Cc1cc(C(C)C)cc(C)c1OP1(=O)Oc2ccccc2-c2ccccc21. The van der Waals surface area contributed by atoms with E-state index in [4.69, 9.17) is 9.05 Å². The molecule has 0 amide bonds. The summed E-state index contributed by atoms with van der Waals surface area (Å²) in [6.07, 6.45) is 0. The third kappa shape index (κ3) is 3.07. The number of aryl methyl sites for hydroxylation is 2. The van der Waals surface area contributed by atoms with Crippen molar-refractivity contribution in [2.45, 2.75) is 33.6 Å². The van der Waals surface area contributed by atoms with Crippen LogP contribution in [0.1, 0.15) is 36.5 Å². The first-order valence-electron chi connectivity index (χ1n) is 9.18. The second-order valence-corrected chi connectivity index (χ2v) is 9.17. The van der Waals surface area contributed by atoms with E-state index in [1.54, 1.807) is 0 Å². The average molecular weight is 378 g/mol. The first-order chi connectivity index (χ1) is 12.9. The molecule has 3 aromatic rings. The Morgan fingerprint density at radius 3 is 2.15 bits per heavy atom. The van der Waals surface area contributed by atoms with Gasteiger partial charge in [-0.05, 0) is 48.6 Å². The molecule has 0 fully saturated rings. The van der Waals surface area contributed by atoms with Crippen LogP contribution in [0.15, 0.2) is 60.7 Å². The van der Waals surface area contributed by atoms with Gasteiger partial charge in [-0.3, -0.25) is 0 Å². The van der Waals surface area contributed by atoms with E-state index in [-0.39, 0.29) is 0 Å². The zero-order valence-electron chi connectivity index (χ0n) is 16.0. The number of fused-ring (bicyclic) bond motifs is 3. The molecule has 1 atom stereocenters. The molecule has 0 radical (unpaired) electrons. The quantitative estimate of drug-likeness (QED) is 0.496. The first-order valence-corrected chi connectivity index (χ1v) is 10.7. The van der Waals surface area contributed by atoms with Crippen LogP contribution in [-0.4, -0.2) is 0 Å². The van der Waals surface area contributed by atoms with Crippen molar-refractivity contribution in [3.05, 3.63) is 77.4 Å². The Hall–Kier alpha value is -2.51. The van der Waals surface area contributed by atoms with Crippen molar-refractivity contribution in [2.75, 3.05) is 0 Å². The van der Waals surface area contributed by atoms with Gasteiger partial charge in [0.25, 0.3) is 0 Å². The molecule has 0 aromatic heterocycles. The summed E-state index contributed by atoms with van der Waals surface area (Å²) in [5.41, 5.74) is 5.01. The van der Waals surface area contributed by atoms with Crippen molar-refractivity contribution in [3.63, 3.8) is 0 Å². The van der Waals surface area contributed by atoms with Crippen LogP contribution in [0.4, 0.5) is 0 Å². The van der Waals surface area contributed by atoms with Crippen LogP contribution >= 0.6 is 7.60 Å². The van der Waals surface area contributed by atoms with Gasteiger partial charge in [0.1, 0.15) is 11.5 Å². The minimum Gasteiger partial charge on any atom is -0.412 e. The third-order valence-corrected chi connectivity index (χ3v) is 6.80. The highest BCUT2D eigenvalue weighted by Gasteiger charge is 2.39. The summed E-state index contributed by atoms with van der Waals surface area (Å²) in [5.74, 6) is 1.65. The Bertz CT molecular complexity index is 1050. The molecular formula is C23H23O3P. The zero-order valence-corrected chi connectivity index (χ0v) is 16.9. The summed E-state index contributed by atoms with van der Waals surface area (Å²) in [7, 11) is -3.55. The summed E-state index contributed by atoms with van der Waals surface area (Å²) in [6.45, 7) is 8.30. The number of hydrogen-bond acceptors (Lipinski definition) is 3. The molecule has 4 heteroatoms. The topological polar surface area (TPSA) is 35.5 Å². The van der Waals surface area contributed by atoms with Gasteiger partial charge in [0, 0.05) is 11.1 Å². The van der Waals surface area contributed by atoms with Crippen LogP contribution in [0.3, 0.4) is 0 Å². The van der Waals surface area contributed by atoms with Crippen LogP contribution in [0.5, 0.6) is 11.5 Å². The fourth-order valence-corrected chi connectivity index (χ4v) is 5.48. The Morgan fingerprint density at radius 1 is 0.889 bits per heavy atom. The summed E-state index contributed by atoms with van der Waals surface area (Å²) in [6, 6.07) is 19.5. The van der Waals surface area contributed by atoms with E-state index >= 15 is 0 Å². The molecule has 1 unspecified atom stereocenters. The van der Waals surface area contributed by atoms with E-state index in [2.05, 4.69) is 26.0 Å². The Labute approximate surface area is 160 Å². The fourth-order valence-electron chi connectivity index (χ4n) is 3.54. The molecule has 0 saturated carbocycles. The van der Waals surface area contributed by atoms with Crippen molar-refractivity contribution in [1.82, 2.24) is 0 Å². The van der Waals surface area contributed by atoms with Crippen molar-refractivity contribution in [1.29, 1.82) is 0 Å². The maximum atomic E-state index is 13.9. The van der Waals surface area contributed by atoms with Crippen molar-refractivity contribution < 1.29 is 13.6 Å². The Morgan fingerprint density at radius 2 is 1.48 bits per heavy atom. The highest BCUT2D eigenvalue weighted by Crippen LogP contribution is 2.55. The molecule has 1 aliphatic rings. The molecule has 138 valence electrons. The maximum absolute atomic E-state index is 13.9.